The van der Waals surface area contributed by atoms with Crippen LogP contribution < -0.4 is 15.8 Å². The van der Waals surface area contributed by atoms with Gasteiger partial charge in [0.05, 0.1) is 52.4 Å². The zero-order valence-electron chi connectivity index (χ0n) is 21.0. The van der Waals surface area contributed by atoms with Crippen LogP contribution in [0.15, 0.2) is 30.3 Å². The van der Waals surface area contributed by atoms with Crippen LogP contribution in [0.5, 0.6) is 6.01 Å². The molecule has 3 N–H and O–H groups in total. The van der Waals surface area contributed by atoms with E-state index >= 15 is 0 Å². The van der Waals surface area contributed by atoms with E-state index in [9.17, 15) is 4.79 Å². The van der Waals surface area contributed by atoms with Gasteiger partial charge in [0.1, 0.15) is 6.61 Å². The second-order valence-electron chi connectivity index (χ2n) is 7.54. The number of ether oxygens (including phenoxy) is 6. The summed E-state index contributed by atoms with van der Waals surface area (Å²) in [5, 5.41) is 3.04. The summed E-state index contributed by atoms with van der Waals surface area (Å²) in [5.74, 6) is -0.131. The Balaban J connectivity index is 1.62. The molecule has 0 saturated carbocycles. The van der Waals surface area contributed by atoms with Gasteiger partial charge in [-0.25, -0.2) is 4.79 Å². The molecule has 0 atom stereocenters. The van der Waals surface area contributed by atoms with Crippen LogP contribution in [-0.2, 0) is 28.5 Å². The SMILES string of the molecule is COCCOCCOCCOCCOC(=O)/C=C/c1ccc(Nc2nc(N)nc(OC(C)C)n2)cc1. The predicted octanol–water partition coefficient (Wildman–Crippen LogP) is 2.24. The summed E-state index contributed by atoms with van der Waals surface area (Å²) in [4.78, 5) is 24.1. The molecule has 12 heteroatoms. The van der Waals surface area contributed by atoms with E-state index in [0.29, 0.717) is 46.2 Å². The Bertz CT molecular complexity index is 926. The Hall–Kier alpha value is -3.32. The van der Waals surface area contributed by atoms with E-state index in [4.69, 9.17) is 34.2 Å². The first-order chi connectivity index (χ1) is 17.5. The van der Waals surface area contributed by atoms with E-state index in [1.54, 1.807) is 13.2 Å². The minimum absolute atomic E-state index is 0.0551. The highest BCUT2D eigenvalue weighted by Crippen LogP contribution is 2.17. The highest BCUT2D eigenvalue weighted by atomic mass is 16.6. The molecular weight excluding hydrogens is 470 g/mol. The minimum atomic E-state index is -0.455. The summed E-state index contributed by atoms with van der Waals surface area (Å²) < 4.78 is 31.5. The third-order valence-electron chi connectivity index (χ3n) is 4.20. The zero-order chi connectivity index (χ0) is 26.0. The molecule has 1 heterocycles. The van der Waals surface area contributed by atoms with E-state index in [0.717, 1.165) is 11.3 Å². The summed E-state index contributed by atoms with van der Waals surface area (Å²) in [7, 11) is 1.63. The quantitative estimate of drug-likeness (QED) is 0.174. The van der Waals surface area contributed by atoms with Crippen molar-refractivity contribution in [1.82, 2.24) is 15.0 Å². The summed E-state index contributed by atoms with van der Waals surface area (Å²) in [6.07, 6.45) is 2.93. The summed E-state index contributed by atoms with van der Waals surface area (Å²) >= 11 is 0. The van der Waals surface area contributed by atoms with E-state index in [2.05, 4.69) is 20.3 Å². The number of carbonyl (C=O) groups is 1. The largest absolute Gasteiger partial charge is 0.461 e. The number of aromatic nitrogens is 3. The molecule has 36 heavy (non-hydrogen) atoms. The monoisotopic (exact) mass is 505 g/mol. The van der Waals surface area contributed by atoms with Gasteiger partial charge in [0.2, 0.25) is 11.9 Å². The van der Waals surface area contributed by atoms with Crippen LogP contribution in [0.4, 0.5) is 17.6 Å². The molecule has 0 amide bonds. The highest BCUT2D eigenvalue weighted by molar-refractivity contribution is 5.87. The number of esters is 1. The van der Waals surface area contributed by atoms with Crippen molar-refractivity contribution in [3.63, 3.8) is 0 Å². The van der Waals surface area contributed by atoms with Gasteiger partial charge in [-0.2, -0.15) is 15.0 Å². The molecule has 1 aromatic carbocycles. The molecule has 0 unspecified atom stereocenters. The first-order valence-electron chi connectivity index (χ1n) is 11.6. The van der Waals surface area contributed by atoms with Gasteiger partial charge in [0.25, 0.3) is 0 Å². The second-order valence-corrected chi connectivity index (χ2v) is 7.54. The fraction of sp³-hybridized carbons (Fsp3) is 0.500. The summed E-state index contributed by atoms with van der Waals surface area (Å²) in [6, 6.07) is 7.43. The average molecular weight is 506 g/mol. The molecule has 2 rings (SSSR count). The number of benzene rings is 1. The van der Waals surface area contributed by atoms with Gasteiger partial charge in [0, 0.05) is 18.9 Å². The van der Waals surface area contributed by atoms with E-state index in [1.807, 2.05) is 38.1 Å². The maximum absolute atomic E-state index is 11.9. The van der Waals surface area contributed by atoms with E-state index in [-0.39, 0.29) is 30.6 Å². The topological polar surface area (TPSA) is 149 Å². The third-order valence-corrected chi connectivity index (χ3v) is 4.20. The van der Waals surface area contributed by atoms with Crippen molar-refractivity contribution in [2.45, 2.75) is 20.0 Å². The van der Waals surface area contributed by atoms with Gasteiger partial charge < -0.3 is 39.5 Å². The van der Waals surface area contributed by atoms with Crippen molar-refractivity contribution < 1.29 is 33.2 Å². The minimum Gasteiger partial charge on any atom is -0.461 e. The molecule has 0 radical (unpaired) electrons. The first kappa shape index (κ1) is 28.9. The lowest BCUT2D eigenvalue weighted by atomic mass is 10.2. The average Bonchev–Trinajstić information content (AvgIpc) is 2.83. The van der Waals surface area contributed by atoms with Crippen LogP contribution in [-0.4, -0.2) is 87.0 Å². The lowest BCUT2D eigenvalue weighted by molar-refractivity contribution is -0.139. The Labute approximate surface area is 211 Å². The van der Waals surface area contributed by atoms with Crippen molar-refractivity contribution in [3.05, 3.63) is 35.9 Å². The van der Waals surface area contributed by atoms with Gasteiger partial charge in [-0.05, 0) is 37.6 Å². The Kier molecular flexibility index (Phi) is 13.8. The fourth-order valence-electron chi connectivity index (χ4n) is 2.60. The molecule has 198 valence electrons. The number of nitrogens with zero attached hydrogens (tertiary/aromatic N) is 3. The number of hydrogen-bond acceptors (Lipinski definition) is 12. The number of rotatable bonds is 18. The zero-order valence-corrected chi connectivity index (χ0v) is 21.0. The van der Waals surface area contributed by atoms with Crippen LogP contribution in [0, 0.1) is 0 Å². The number of hydrogen-bond donors (Lipinski definition) is 2. The van der Waals surface area contributed by atoms with Crippen LogP contribution in [0.3, 0.4) is 0 Å². The molecule has 0 spiro atoms. The standard InChI is InChI=1S/C24H35N5O7/c1-18(2)36-24-28-22(25)27-23(29-24)26-20-7-4-19(5-8-20)6-9-21(30)35-17-16-34-15-14-33-13-12-32-11-10-31-3/h4-9,18H,10-17H2,1-3H3,(H3,25,26,27,28,29)/b9-6+. The third kappa shape index (κ3) is 13.0. The number of methoxy groups -OCH3 is 1. The Morgan fingerprint density at radius 2 is 1.53 bits per heavy atom. The normalized spacial score (nSPS) is 11.2. The number of nitrogen functional groups attached to an aromatic ring is 1. The predicted molar refractivity (Wildman–Crippen MR) is 134 cm³/mol. The van der Waals surface area contributed by atoms with Crippen LogP contribution in [0.2, 0.25) is 0 Å². The lowest BCUT2D eigenvalue weighted by Crippen LogP contribution is -2.13. The Morgan fingerprint density at radius 3 is 2.14 bits per heavy atom. The second kappa shape index (κ2) is 17.2. The van der Waals surface area contributed by atoms with Gasteiger partial charge in [-0.15, -0.1) is 0 Å². The number of anilines is 3. The van der Waals surface area contributed by atoms with Gasteiger partial charge >= 0.3 is 12.0 Å². The molecule has 0 aliphatic rings. The van der Waals surface area contributed by atoms with Gasteiger partial charge in [-0.1, -0.05) is 12.1 Å². The molecule has 0 aliphatic carbocycles. The van der Waals surface area contributed by atoms with Gasteiger partial charge in [0.15, 0.2) is 0 Å². The summed E-state index contributed by atoms with van der Waals surface area (Å²) in [5.41, 5.74) is 7.27. The maximum atomic E-state index is 11.9. The van der Waals surface area contributed by atoms with Crippen molar-refractivity contribution in [3.8, 4) is 6.01 Å². The fourth-order valence-corrected chi connectivity index (χ4v) is 2.60. The maximum Gasteiger partial charge on any atom is 0.330 e. The van der Waals surface area contributed by atoms with E-state index < -0.39 is 5.97 Å². The molecule has 0 bridgehead atoms. The number of nitrogens with two attached hydrogens (primary N) is 1. The number of carbonyl (C=O) groups excluding carboxylic acids is 1. The summed E-state index contributed by atoms with van der Waals surface area (Å²) in [6.45, 7) is 7.15. The van der Waals surface area contributed by atoms with E-state index in [1.165, 1.54) is 6.08 Å². The first-order valence-corrected chi connectivity index (χ1v) is 11.6. The van der Waals surface area contributed by atoms with Crippen LogP contribution in [0.25, 0.3) is 6.08 Å². The molecule has 2 aromatic rings. The Morgan fingerprint density at radius 1 is 0.917 bits per heavy atom. The molecule has 0 aliphatic heterocycles. The van der Waals surface area contributed by atoms with Crippen LogP contribution in [0.1, 0.15) is 19.4 Å². The van der Waals surface area contributed by atoms with Crippen molar-refractivity contribution in [2.24, 2.45) is 0 Å². The van der Waals surface area contributed by atoms with Crippen molar-refractivity contribution in [2.75, 3.05) is 71.0 Å². The van der Waals surface area contributed by atoms with Crippen molar-refractivity contribution in [1.29, 1.82) is 0 Å². The van der Waals surface area contributed by atoms with Gasteiger partial charge in [-0.3, -0.25) is 0 Å². The lowest BCUT2D eigenvalue weighted by Gasteiger charge is -2.10. The smallest absolute Gasteiger partial charge is 0.330 e. The molecule has 12 nitrogen and oxygen atoms in total. The molecule has 0 fully saturated rings. The molecule has 0 saturated heterocycles. The highest BCUT2D eigenvalue weighted by Gasteiger charge is 2.07. The molecular formula is C24H35N5O7. The number of nitrogens with one attached hydrogen (secondary N) is 1. The molecule has 1 aromatic heterocycles. The van der Waals surface area contributed by atoms with Crippen LogP contribution >= 0.6 is 0 Å². The van der Waals surface area contributed by atoms with Crippen molar-refractivity contribution >= 4 is 29.6 Å².